The molecule has 2 heterocycles. The predicted octanol–water partition coefficient (Wildman–Crippen LogP) is 2.29. The van der Waals surface area contributed by atoms with E-state index in [1.165, 1.54) is 0 Å². The third-order valence-electron chi connectivity index (χ3n) is 2.78. The van der Waals surface area contributed by atoms with Crippen molar-refractivity contribution in [3.05, 3.63) is 53.5 Å². The highest BCUT2D eigenvalue weighted by Crippen LogP contribution is 2.20. The molecule has 0 fully saturated rings. The Morgan fingerprint density at radius 2 is 1.94 bits per heavy atom. The zero-order valence-corrected chi connectivity index (χ0v) is 10.5. The summed E-state index contributed by atoms with van der Waals surface area (Å²) in [6.07, 6.45) is 5.25. The number of aryl methyl sites for hydroxylation is 1. The van der Waals surface area contributed by atoms with E-state index >= 15 is 0 Å². The van der Waals surface area contributed by atoms with Crippen LogP contribution in [0.2, 0.25) is 0 Å². The molecule has 4 heteroatoms. The quantitative estimate of drug-likeness (QED) is 0.823. The van der Waals surface area contributed by atoms with Gasteiger partial charge in [0, 0.05) is 32.2 Å². The van der Waals surface area contributed by atoms with Crippen LogP contribution >= 0.6 is 0 Å². The van der Waals surface area contributed by atoms with Gasteiger partial charge in [-0.1, -0.05) is 0 Å². The van der Waals surface area contributed by atoms with E-state index in [-0.39, 0.29) is 0 Å². The number of pyridine rings is 2. The highest BCUT2D eigenvalue weighted by Gasteiger charge is 2.11. The van der Waals surface area contributed by atoms with E-state index < -0.39 is 0 Å². The highest BCUT2D eigenvalue weighted by atomic mass is 15.2. The summed E-state index contributed by atoms with van der Waals surface area (Å²) in [6, 6.07) is 7.98. The average Bonchev–Trinajstić information content (AvgIpc) is 2.39. The molecule has 4 nitrogen and oxygen atoms in total. The summed E-state index contributed by atoms with van der Waals surface area (Å²) in [5, 5.41) is 9.19. The fourth-order valence-corrected chi connectivity index (χ4v) is 1.81. The lowest BCUT2D eigenvalue weighted by Crippen LogP contribution is -2.19. The lowest BCUT2D eigenvalue weighted by Gasteiger charge is -2.19. The van der Waals surface area contributed by atoms with Crippen molar-refractivity contribution in [3.63, 3.8) is 0 Å². The lowest BCUT2D eigenvalue weighted by atomic mass is 10.1. The molecule has 0 radical (unpaired) electrons. The minimum atomic E-state index is 0.633. The Balaban J connectivity index is 2.27. The molecule has 90 valence electrons. The maximum atomic E-state index is 9.19. The van der Waals surface area contributed by atoms with Crippen LogP contribution in [0.1, 0.15) is 16.7 Å². The molecular weight excluding hydrogens is 224 g/mol. The second-order valence-corrected chi connectivity index (χ2v) is 4.15. The molecule has 0 spiro atoms. The Bertz CT molecular complexity index is 572. The third kappa shape index (κ3) is 2.46. The van der Waals surface area contributed by atoms with Gasteiger partial charge < -0.3 is 4.90 Å². The molecule has 0 saturated heterocycles. The molecule has 2 rings (SSSR count). The number of hydrogen-bond donors (Lipinski definition) is 0. The zero-order chi connectivity index (χ0) is 13.0. The van der Waals surface area contributed by atoms with Crippen LogP contribution in [0.15, 0.2) is 36.8 Å². The normalized spacial score (nSPS) is 9.83. The second-order valence-electron chi connectivity index (χ2n) is 4.15. The molecule has 2 aromatic heterocycles. The van der Waals surface area contributed by atoms with Crippen LogP contribution in [0.25, 0.3) is 0 Å². The molecule has 0 N–H and O–H groups in total. The summed E-state index contributed by atoms with van der Waals surface area (Å²) in [5.41, 5.74) is 2.72. The summed E-state index contributed by atoms with van der Waals surface area (Å²) >= 11 is 0. The molecule has 0 amide bonds. The first-order valence-corrected chi connectivity index (χ1v) is 5.68. The van der Waals surface area contributed by atoms with Crippen molar-refractivity contribution < 1.29 is 0 Å². The Hall–Kier alpha value is -2.41. The number of anilines is 1. The first kappa shape index (κ1) is 12.1. The van der Waals surface area contributed by atoms with Crippen molar-refractivity contribution >= 4 is 5.82 Å². The summed E-state index contributed by atoms with van der Waals surface area (Å²) in [7, 11) is 1.93. The van der Waals surface area contributed by atoms with Crippen molar-refractivity contribution in [1.82, 2.24) is 9.97 Å². The van der Waals surface area contributed by atoms with Gasteiger partial charge in [-0.2, -0.15) is 5.26 Å². The monoisotopic (exact) mass is 238 g/mol. The van der Waals surface area contributed by atoms with Crippen LogP contribution in [0, 0.1) is 18.3 Å². The Morgan fingerprint density at radius 3 is 2.61 bits per heavy atom. The van der Waals surface area contributed by atoms with Crippen molar-refractivity contribution in [2.45, 2.75) is 13.5 Å². The van der Waals surface area contributed by atoms with Gasteiger partial charge in [0.05, 0.1) is 5.56 Å². The lowest BCUT2D eigenvalue weighted by molar-refractivity contribution is 0.890. The predicted molar refractivity (Wildman–Crippen MR) is 70.0 cm³/mol. The average molecular weight is 238 g/mol. The third-order valence-corrected chi connectivity index (χ3v) is 2.78. The topological polar surface area (TPSA) is 52.8 Å². The largest absolute Gasteiger partial charge is 0.354 e. The van der Waals surface area contributed by atoms with E-state index in [4.69, 9.17) is 0 Å². The van der Waals surface area contributed by atoms with Crippen LogP contribution in [-0.2, 0) is 6.54 Å². The van der Waals surface area contributed by atoms with Crippen LogP contribution in [-0.4, -0.2) is 17.0 Å². The van der Waals surface area contributed by atoms with E-state index in [1.54, 1.807) is 18.6 Å². The number of aromatic nitrogens is 2. The van der Waals surface area contributed by atoms with Gasteiger partial charge in [0.15, 0.2) is 0 Å². The maximum Gasteiger partial charge on any atom is 0.146 e. The van der Waals surface area contributed by atoms with Crippen molar-refractivity contribution in [2.75, 3.05) is 11.9 Å². The second kappa shape index (κ2) is 5.28. The van der Waals surface area contributed by atoms with E-state index in [0.717, 1.165) is 11.1 Å². The van der Waals surface area contributed by atoms with Gasteiger partial charge in [-0.15, -0.1) is 0 Å². The van der Waals surface area contributed by atoms with Crippen molar-refractivity contribution in [1.29, 1.82) is 5.26 Å². The van der Waals surface area contributed by atoms with E-state index in [0.29, 0.717) is 17.9 Å². The van der Waals surface area contributed by atoms with Crippen molar-refractivity contribution in [2.24, 2.45) is 0 Å². The molecule has 0 aliphatic carbocycles. The van der Waals surface area contributed by atoms with Crippen LogP contribution in [0.4, 0.5) is 5.82 Å². The van der Waals surface area contributed by atoms with E-state index in [9.17, 15) is 5.26 Å². The number of nitrogens with zero attached hydrogens (tertiary/aromatic N) is 4. The van der Waals surface area contributed by atoms with Gasteiger partial charge in [-0.25, -0.2) is 4.98 Å². The molecule has 2 aromatic rings. The molecule has 0 saturated carbocycles. The van der Waals surface area contributed by atoms with Gasteiger partial charge in [0.2, 0.25) is 0 Å². The van der Waals surface area contributed by atoms with E-state index in [1.807, 2.05) is 37.1 Å². The molecule has 0 aliphatic heterocycles. The molecule has 0 aromatic carbocycles. The number of rotatable bonds is 3. The Labute approximate surface area is 107 Å². The minimum Gasteiger partial charge on any atom is -0.354 e. The van der Waals surface area contributed by atoms with Gasteiger partial charge in [-0.3, -0.25) is 4.98 Å². The van der Waals surface area contributed by atoms with Gasteiger partial charge in [-0.05, 0) is 36.2 Å². The Kier molecular flexibility index (Phi) is 3.54. The molecular formula is C14H14N4. The molecule has 0 aliphatic rings. The summed E-state index contributed by atoms with van der Waals surface area (Å²) in [6.45, 7) is 2.62. The summed E-state index contributed by atoms with van der Waals surface area (Å²) in [4.78, 5) is 10.3. The molecule has 18 heavy (non-hydrogen) atoms. The summed E-state index contributed by atoms with van der Waals surface area (Å²) in [5.74, 6) is 0.717. The smallest absolute Gasteiger partial charge is 0.146 e. The maximum absolute atomic E-state index is 9.19. The minimum absolute atomic E-state index is 0.633. The molecule has 0 bridgehead atoms. The zero-order valence-electron chi connectivity index (χ0n) is 10.5. The van der Waals surface area contributed by atoms with Gasteiger partial charge >= 0.3 is 0 Å². The molecule has 0 atom stereocenters. The van der Waals surface area contributed by atoms with Crippen LogP contribution in [0.3, 0.4) is 0 Å². The summed E-state index contributed by atoms with van der Waals surface area (Å²) < 4.78 is 0. The van der Waals surface area contributed by atoms with Crippen LogP contribution < -0.4 is 4.90 Å². The fraction of sp³-hybridized carbons (Fsp3) is 0.214. The SMILES string of the molecule is Cc1ccnc(N(C)Cc2ccncc2)c1C#N. The van der Waals surface area contributed by atoms with Crippen LogP contribution in [0.5, 0.6) is 0 Å². The highest BCUT2D eigenvalue weighted by molar-refractivity contribution is 5.56. The standard InChI is InChI=1S/C14H14N4/c1-11-3-8-17-14(13(11)9-15)18(2)10-12-4-6-16-7-5-12/h3-8H,10H2,1-2H3. The van der Waals surface area contributed by atoms with Crippen molar-refractivity contribution in [3.8, 4) is 6.07 Å². The van der Waals surface area contributed by atoms with Gasteiger partial charge in [0.1, 0.15) is 11.9 Å². The first-order valence-electron chi connectivity index (χ1n) is 5.68. The van der Waals surface area contributed by atoms with E-state index in [2.05, 4.69) is 16.0 Å². The number of hydrogen-bond acceptors (Lipinski definition) is 4. The Morgan fingerprint density at radius 1 is 1.22 bits per heavy atom. The fourth-order valence-electron chi connectivity index (χ4n) is 1.81. The van der Waals surface area contributed by atoms with Gasteiger partial charge in [0.25, 0.3) is 0 Å². The number of nitriles is 1. The molecule has 0 unspecified atom stereocenters. The first-order chi connectivity index (χ1) is 8.72.